The topological polar surface area (TPSA) is 61.4 Å². The summed E-state index contributed by atoms with van der Waals surface area (Å²) in [5.74, 6) is 0. The van der Waals surface area contributed by atoms with Gasteiger partial charge in [-0.1, -0.05) is 20.8 Å². The van der Waals surface area contributed by atoms with Crippen LogP contribution in [-0.2, 0) is 0 Å². The van der Waals surface area contributed by atoms with Gasteiger partial charge in [-0.2, -0.15) is 0 Å². The van der Waals surface area contributed by atoms with Crippen LogP contribution in [0.1, 0.15) is 65.7 Å². The molecule has 0 aromatic carbocycles. The van der Waals surface area contributed by atoms with E-state index in [1.807, 2.05) is 0 Å². The number of carbonyl (C=O) groups excluding carboxylic acids is 1. The van der Waals surface area contributed by atoms with E-state index in [9.17, 15) is 9.90 Å². The van der Waals surface area contributed by atoms with E-state index in [1.165, 1.54) is 0 Å². The van der Waals surface area contributed by atoms with Gasteiger partial charge in [0.2, 0.25) is 0 Å². The minimum Gasteiger partial charge on any atom is -0.393 e. The van der Waals surface area contributed by atoms with E-state index >= 15 is 0 Å². The average Bonchev–Trinajstić information content (AvgIpc) is 2.44. The van der Waals surface area contributed by atoms with Crippen molar-refractivity contribution < 1.29 is 9.90 Å². The van der Waals surface area contributed by atoms with Gasteiger partial charge in [0.05, 0.1) is 6.10 Å². The lowest BCUT2D eigenvalue weighted by atomic mass is 9.80. The van der Waals surface area contributed by atoms with Gasteiger partial charge in [0.1, 0.15) is 0 Å². The molecular weight excluding hydrogens is 240 g/mol. The standard InChI is InChI=1S/C15H30N2O2/c1-4-15(5-2,6-3)11-16-14(19)17-12-7-9-13(18)10-8-12/h12-13,18H,4-11H2,1-3H3,(H2,16,17,19). The Labute approximate surface area is 117 Å². The van der Waals surface area contributed by atoms with Crippen LogP contribution in [0.5, 0.6) is 0 Å². The van der Waals surface area contributed by atoms with Crippen molar-refractivity contribution in [2.24, 2.45) is 5.41 Å². The fourth-order valence-corrected chi connectivity index (χ4v) is 2.85. The quantitative estimate of drug-likeness (QED) is 0.695. The highest BCUT2D eigenvalue weighted by Gasteiger charge is 2.25. The first-order chi connectivity index (χ1) is 9.05. The molecule has 4 heteroatoms. The zero-order chi connectivity index (χ0) is 14.3. The highest BCUT2D eigenvalue weighted by atomic mass is 16.3. The van der Waals surface area contributed by atoms with E-state index in [-0.39, 0.29) is 23.6 Å². The Hall–Kier alpha value is -0.770. The number of hydrogen-bond donors (Lipinski definition) is 3. The number of rotatable bonds is 6. The minimum atomic E-state index is -0.172. The van der Waals surface area contributed by atoms with Crippen LogP contribution in [-0.4, -0.2) is 29.8 Å². The van der Waals surface area contributed by atoms with Gasteiger partial charge in [-0.05, 0) is 50.4 Å². The Kier molecular flexibility index (Phi) is 6.63. The average molecular weight is 270 g/mol. The first kappa shape index (κ1) is 16.3. The van der Waals surface area contributed by atoms with Crippen molar-refractivity contribution in [1.82, 2.24) is 10.6 Å². The minimum absolute atomic E-state index is 0.0545. The number of hydrogen-bond acceptors (Lipinski definition) is 2. The molecule has 0 aromatic rings. The Morgan fingerprint density at radius 2 is 1.63 bits per heavy atom. The van der Waals surface area contributed by atoms with Crippen LogP contribution in [0.15, 0.2) is 0 Å². The lowest BCUT2D eigenvalue weighted by molar-refractivity contribution is 0.117. The third-order valence-electron chi connectivity index (χ3n) is 4.91. The molecule has 0 heterocycles. The highest BCUT2D eigenvalue weighted by molar-refractivity contribution is 5.74. The predicted octanol–water partition coefficient (Wildman–Crippen LogP) is 2.81. The lowest BCUT2D eigenvalue weighted by Gasteiger charge is -2.31. The van der Waals surface area contributed by atoms with E-state index in [4.69, 9.17) is 0 Å². The van der Waals surface area contributed by atoms with Crippen LogP contribution in [0.25, 0.3) is 0 Å². The Bertz CT molecular complexity index is 261. The van der Waals surface area contributed by atoms with Crippen LogP contribution in [0.3, 0.4) is 0 Å². The Balaban J connectivity index is 2.31. The third-order valence-corrected chi connectivity index (χ3v) is 4.91. The zero-order valence-corrected chi connectivity index (χ0v) is 12.7. The fraction of sp³-hybridized carbons (Fsp3) is 0.933. The molecular formula is C15H30N2O2. The highest BCUT2D eigenvalue weighted by Crippen LogP contribution is 2.29. The van der Waals surface area contributed by atoms with E-state index < -0.39 is 0 Å². The summed E-state index contributed by atoms with van der Waals surface area (Å²) in [6.07, 6.45) is 6.47. The lowest BCUT2D eigenvalue weighted by Crippen LogP contribution is -2.47. The maximum absolute atomic E-state index is 11.9. The molecule has 2 amide bonds. The number of nitrogens with one attached hydrogen (secondary N) is 2. The molecule has 0 spiro atoms. The summed E-state index contributed by atoms with van der Waals surface area (Å²) in [6.45, 7) is 7.32. The number of urea groups is 1. The summed E-state index contributed by atoms with van der Waals surface area (Å²) >= 11 is 0. The van der Waals surface area contributed by atoms with E-state index in [1.54, 1.807) is 0 Å². The van der Waals surface area contributed by atoms with Gasteiger partial charge >= 0.3 is 6.03 Å². The zero-order valence-electron chi connectivity index (χ0n) is 12.7. The van der Waals surface area contributed by atoms with E-state index in [0.717, 1.165) is 51.5 Å². The van der Waals surface area contributed by atoms with E-state index in [2.05, 4.69) is 31.4 Å². The van der Waals surface area contributed by atoms with Gasteiger partial charge in [0.25, 0.3) is 0 Å². The van der Waals surface area contributed by atoms with Crippen LogP contribution in [0, 0.1) is 5.41 Å². The second-order valence-electron chi connectivity index (χ2n) is 5.89. The summed E-state index contributed by atoms with van der Waals surface area (Å²) in [4.78, 5) is 11.9. The molecule has 0 bridgehead atoms. The summed E-state index contributed by atoms with van der Waals surface area (Å²) in [5.41, 5.74) is 0.236. The van der Waals surface area contributed by atoms with Gasteiger partial charge in [-0.25, -0.2) is 4.79 Å². The van der Waals surface area contributed by atoms with Gasteiger partial charge in [-0.15, -0.1) is 0 Å². The maximum Gasteiger partial charge on any atom is 0.315 e. The Morgan fingerprint density at radius 1 is 1.11 bits per heavy atom. The van der Waals surface area contributed by atoms with Crippen molar-refractivity contribution >= 4 is 6.03 Å². The molecule has 19 heavy (non-hydrogen) atoms. The smallest absolute Gasteiger partial charge is 0.315 e. The molecule has 0 aromatic heterocycles. The molecule has 1 fully saturated rings. The molecule has 3 N–H and O–H groups in total. The Morgan fingerprint density at radius 3 is 2.11 bits per heavy atom. The molecule has 0 aliphatic heterocycles. The van der Waals surface area contributed by atoms with Crippen LogP contribution >= 0.6 is 0 Å². The molecule has 0 unspecified atom stereocenters. The first-order valence-corrected chi connectivity index (χ1v) is 7.77. The van der Waals surface area contributed by atoms with Crippen molar-refractivity contribution in [3.8, 4) is 0 Å². The summed E-state index contributed by atoms with van der Waals surface area (Å²) in [5, 5.41) is 15.5. The molecule has 0 radical (unpaired) electrons. The molecule has 1 rings (SSSR count). The van der Waals surface area contributed by atoms with Crippen molar-refractivity contribution in [3.05, 3.63) is 0 Å². The normalized spacial score (nSPS) is 24.0. The second kappa shape index (κ2) is 7.73. The first-order valence-electron chi connectivity index (χ1n) is 7.77. The van der Waals surface area contributed by atoms with E-state index in [0.29, 0.717) is 0 Å². The van der Waals surface area contributed by atoms with Gasteiger partial charge in [0, 0.05) is 12.6 Å². The SMILES string of the molecule is CCC(CC)(CC)CNC(=O)NC1CCC(O)CC1. The molecule has 1 aliphatic rings. The molecule has 112 valence electrons. The molecule has 0 atom stereocenters. The number of carbonyl (C=O) groups is 1. The summed E-state index contributed by atoms with van der Waals surface area (Å²) in [6, 6.07) is 0.170. The van der Waals surface area contributed by atoms with Crippen LogP contribution in [0.4, 0.5) is 4.79 Å². The van der Waals surface area contributed by atoms with Gasteiger partial charge in [0.15, 0.2) is 0 Å². The summed E-state index contributed by atoms with van der Waals surface area (Å²) in [7, 11) is 0. The fourth-order valence-electron chi connectivity index (χ4n) is 2.85. The van der Waals surface area contributed by atoms with Crippen LogP contribution < -0.4 is 10.6 Å². The molecule has 1 aliphatic carbocycles. The van der Waals surface area contributed by atoms with Crippen LogP contribution in [0.2, 0.25) is 0 Å². The number of aliphatic hydroxyl groups is 1. The molecule has 1 saturated carbocycles. The predicted molar refractivity (Wildman–Crippen MR) is 78.1 cm³/mol. The monoisotopic (exact) mass is 270 g/mol. The van der Waals surface area contributed by atoms with Gasteiger partial charge in [-0.3, -0.25) is 0 Å². The number of amides is 2. The number of aliphatic hydroxyl groups excluding tert-OH is 1. The largest absolute Gasteiger partial charge is 0.393 e. The van der Waals surface area contributed by atoms with Crippen molar-refractivity contribution in [1.29, 1.82) is 0 Å². The maximum atomic E-state index is 11.9. The van der Waals surface area contributed by atoms with Crippen molar-refractivity contribution in [3.63, 3.8) is 0 Å². The molecule has 0 saturated heterocycles. The van der Waals surface area contributed by atoms with Crippen molar-refractivity contribution in [2.75, 3.05) is 6.54 Å². The van der Waals surface area contributed by atoms with Gasteiger partial charge < -0.3 is 15.7 Å². The third kappa shape index (κ3) is 5.01. The second-order valence-corrected chi connectivity index (χ2v) is 5.89. The van der Waals surface area contributed by atoms with Crippen molar-refractivity contribution in [2.45, 2.75) is 77.9 Å². The molecule has 4 nitrogen and oxygen atoms in total. The summed E-state index contributed by atoms with van der Waals surface area (Å²) < 4.78 is 0.